The van der Waals surface area contributed by atoms with Gasteiger partial charge in [-0.3, -0.25) is 0 Å². The first kappa shape index (κ1) is 9.93. The third-order valence-electron chi connectivity index (χ3n) is 1.46. The summed E-state index contributed by atoms with van der Waals surface area (Å²) in [7, 11) is 0. The Labute approximate surface area is 81.8 Å². The minimum absolute atomic E-state index is 0.297. The van der Waals surface area contributed by atoms with Crippen LogP contribution in [0.1, 0.15) is 17.3 Å². The molecule has 0 aliphatic heterocycles. The lowest BCUT2D eigenvalue weighted by atomic mass is 10.2. The Bertz CT molecular complexity index is 396. The first-order valence-corrected chi connectivity index (χ1v) is 3.92. The molecule has 0 saturated carbocycles. The van der Waals surface area contributed by atoms with E-state index in [0.717, 1.165) is 0 Å². The van der Waals surface area contributed by atoms with Crippen LogP contribution in [0.4, 0.5) is 11.4 Å². The fourth-order valence-corrected chi connectivity index (χ4v) is 0.951. The van der Waals surface area contributed by atoms with E-state index in [9.17, 15) is 4.79 Å². The van der Waals surface area contributed by atoms with Crippen molar-refractivity contribution in [3.63, 3.8) is 0 Å². The number of rotatable bonds is 1. The Kier molecular flexibility index (Phi) is 2.97. The number of ether oxygens (including phenoxy) is 1. The van der Waals surface area contributed by atoms with Crippen molar-refractivity contribution < 1.29 is 9.53 Å². The van der Waals surface area contributed by atoms with E-state index in [1.165, 1.54) is 12.1 Å². The summed E-state index contributed by atoms with van der Waals surface area (Å²) in [5, 5.41) is 0. The Hall–Kier alpha value is -2.15. The van der Waals surface area contributed by atoms with Crippen LogP contribution >= 0.6 is 0 Å². The van der Waals surface area contributed by atoms with Gasteiger partial charge in [-0.05, 0) is 18.2 Å². The predicted molar refractivity (Wildman–Crippen MR) is 54.1 cm³/mol. The molecule has 14 heavy (non-hydrogen) atoms. The molecule has 0 bridgehead atoms. The number of hydrogen-bond donors (Lipinski definition) is 2. The van der Waals surface area contributed by atoms with Gasteiger partial charge in [0.05, 0.1) is 5.56 Å². The second-order valence-electron chi connectivity index (χ2n) is 2.63. The number of carbonyl (C=O) groups excluding carboxylic acids is 1. The SMILES string of the molecule is CC#COC(=O)c1cc(N)cc(N)c1. The molecule has 4 heteroatoms. The number of carbonyl (C=O) groups is 1. The van der Waals surface area contributed by atoms with Gasteiger partial charge in [-0.15, -0.1) is 0 Å². The van der Waals surface area contributed by atoms with Crippen molar-refractivity contribution >= 4 is 17.3 Å². The molecular weight excluding hydrogens is 180 g/mol. The molecule has 4 nitrogen and oxygen atoms in total. The molecule has 1 rings (SSSR count). The fraction of sp³-hybridized carbons (Fsp3) is 0.100. The number of nitrogen functional groups attached to an aromatic ring is 2. The van der Waals surface area contributed by atoms with Crippen LogP contribution in [-0.2, 0) is 4.74 Å². The number of hydrogen-bond acceptors (Lipinski definition) is 4. The summed E-state index contributed by atoms with van der Waals surface area (Å²) in [6, 6.07) is 4.52. The lowest BCUT2D eigenvalue weighted by molar-refractivity contribution is 0.0690. The highest BCUT2D eigenvalue weighted by Crippen LogP contribution is 2.14. The van der Waals surface area contributed by atoms with Gasteiger partial charge in [0.25, 0.3) is 0 Å². The highest BCUT2D eigenvalue weighted by atomic mass is 16.5. The van der Waals surface area contributed by atoms with Crippen molar-refractivity contribution in [3.05, 3.63) is 23.8 Å². The summed E-state index contributed by atoms with van der Waals surface area (Å²) in [5.41, 5.74) is 12.1. The van der Waals surface area contributed by atoms with Crippen LogP contribution in [0.2, 0.25) is 0 Å². The van der Waals surface area contributed by atoms with E-state index in [-0.39, 0.29) is 0 Å². The molecule has 0 heterocycles. The summed E-state index contributed by atoms with van der Waals surface area (Å²) >= 11 is 0. The van der Waals surface area contributed by atoms with E-state index in [4.69, 9.17) is 11.5 Å². The normalized spacial score (nSPS) is 8.64. The molecule has 1 aromatic carbocycles. The van der Waals surface area contributed by atoms with Crippen molar-refractivity contribution in [1.82, 2.24) is 0 Å². The molecule has 0 aromatic heterocycles. The van der Waals surface area contributed by atoms with E-state index in [0.29, 0.717) is 16.9 Å². The third kappa shape index (κ3) is 2.42. The van der Waals surface area contributed by atoms with Gasteiger partial charge in [0.2, 0.25) is 0 Å². The van der Waals surface area contributed by atoms with Gasteiger partial charge >= 0.3 is 5.97 Å². The molecule has 0 aliphatic rings. The standard InChI is InChI=1S/C10H10N2O2/c1-2-3-14-10(13)7-4-8(11)6-9(12)5-7/h4-6H,11-12H2,1H3. The topological polar surface area (TPSA) is 78.3 Å². The van der Waals surface area contributed by atoms with Crippen LogP contribution in [0.15, 0.2) is 18.2 Å². The summed E-state index contributed by atoms with van der Waals surface area (Å²) in [5.74, 6) is 1.88. The monoisotopic (exact) mass is 190 g/mol. The zero-order chi connectivity index (χ0) is 10.6. The Morgan fingerprint density at radius 1 is 1.29 bits per heavy atom. The van der Waals surface area contributed by atoms with E-state index < -0.39 is 5.97 Å². The van der Waals surface area contributed by atoms with E-state index in [1.807, 2.05) is 0 Å². The molecule has 0 radical (unpaired) electrons. The van der Waals surface area contributed by atoms with Crippen molar-refractivity contribution in [3.8, 4) is 12.0 Å². The van der Waals surface area contributed by atoms with Crippen molar-refractivity contribution in [2.45, 2.75) is 6.92 Å². The van der Waals surface area contributed by atoms with Gasteiger partial charge in [0, 0.05) is 18.3 Å². The van der Waals surface area contributed by atoms with Crippen LogP contribution in [0.25, 0.3) is 0 Å². The highest BCUT2D eigenvalue weighted by molar-refractivity contribution is 5.92. The molecular formula is C10H10N2O2. The van der Waals surface area contributed by atoms with Crippen molar-refractivity contribution in [1.29, 1.82) is 0 Å². The number of esters is 1. The number of benzene rings is 1. The first-order valence-electron chi connectivity index (χ1n) is 3.92. The van der Waals surface area contributed by atoms with E-state index >= 15 is 0 Å². The van der Waals surface area contributed by atoms with E-state index in [2.05, 4.69) is 16.8 Å². The lowest BCUT2D eigenvalue weighted by Gasteiger charge is -2.01. The molecule has 0 saturated heterocycles. The van der Waals surface area contributed by atoms with Gasteiger partial charge in [0.1, 0.15) is 6.11 Å². The quantitative estimate of drug-likeness (QED) is 0.393. The maximum absolute atomic E-state index is 11.3. The molecule has 0 atom stereocenters. The maximum atomic E-state index is 11.3. The predicted octanol–water partition coefficient (Wildman–Crippen LogP) is 0.989. The molecule has 0 spiro atoms. The lowest BCUT2D eigenvalue weighted by Crippen LogP contribution is -2.03. The van der Waals surface area contributed by atoms with Crippen LogP contribution < -0.4 is 11.5 Å². The summed E-state index contributed by atoms with van der Waals surface area (Å²) in [6.45, 7) is 1.57. The van der Waals surface area contributed by atoms with Gasteiger partial charge in [-0.2, -0.15) is 0 Å². The molecule has 72 valence electrons. The zero-order valence-corrected chi connectivity index (χ0v) is 7.70. The van der Waals surface area contributed by atoms with Crippen LogP contribution in [0.5, 0.6) is 0 Å². The summed E-state index contributed by atoms with van der Waals surface area (Å²) in [6.07, 6.45) is 2.20. The maximum Gasteiger partial charge on any atom is 0.352 e. The largest absolute Gasteiger partial charge is 0.399 e. The fourth-order valence-electron chi connectivity index (χ4n) is 0.951. The first-order chi connectivity index (χ1) is 6.63. The Morgan fingerprint density at radius 3 is 2.36 bits per heavy atom. The van der Waals surface area contributed by atoms with Crippen LogP contribution in [0, 0.1) is 12.0 Å². The minimum Gasteiger partial charge on any atom is -0.399 e. The third-order valence-corrected chi connectivity index (χ3v) is 1.46. The van der Waals surface area contributed by atoms with Gasteiger partial charge in [0.15, 0.2) is 0 Å². The van der Waals surface area contributed by atoms with Crippen LogP contribution in [-0.4, -0.2) is 5.97 Å². The summed E-state index contributed by atoms with van der Waals surface area (Å²) < 4.78 is 4.58. The average molecular weight is 190 g/mol. The van der Waals surface area contributed by atoms with Gasteiger partial charge < -0.3 is 16.2 Å². The van der Waals surface area contributed by atoms with Crippen LogP contribution in [0.3, 0.4) is 0 Å². The molecule has 0 fully saturated rings. The smallest absolute Gasteiger partial charge is 0.352 e. The second kappa shape index (κ2) is 4.19. The molecule has 0 unspecified atom stereocenters. The molecule has 0 amide bonds. The van der Waals surface area contributed by atoms with E-state index in [1.54, 1.807) is 13.0 Å². The Morgan fingerprint density at radius 2 is 1.86 bits per heavy atom. The summed E-state index contributed by atoms with van der Waals surface area (Å²) in [4.78, 5) is 11.3. The Balaban J connectivity index is 2.93. The molecule has 0 aliphatic carbocycles. The molecule has 4 N–H and O–H groups in total. The molecule has 1 aromatic rings. The van der Waals surface area contributed by atoms with Crippen molar-refractivity contribution in [2.24, 2.45) is 0 Å². The average Bonchev–Trinajstić information content (AvgIpc) is 2.12. The number of anilines is 2. The van der Waals surface area contributed by atoms with Gasteiger partial charge in [-0.25, -0.2) is 4.79 Å². The minimum atomic E-state index is -0.557. The second-order valence-corrected chi connectivity index (χ2v) is 2.63. The number of nitrogens with two attached hydrogens (primary N) is 2. The van der Waals surface area contributed by atoms with Gasteiger partial charge in [-0.1, -0.05) is 5.92 Å². The zero-order valence-electron chi connectivity index (χ0n) is 7.70. The highest BCUT2D eigenvalue weighted by Gasteiger charge is 2.07. The van der Waals surface area contributed by atoms with Crippen molar-refractivity contribution in [2.75, 3.05) is 11.5 Å².